The van der Waals surface area contributed by atoms with Crippen LogP contribution in [0.15, 0.2) is 36.9 Å². The van der Waals surface area contributed by atoms with Gasteiger partial charge in [-0.2, -0.15) is 0 Å². The SMILES string of the molecule is C=CCCNC1(CN)CCCc2ccccc21. The minimum Gasteiger partial charge on any atom is -0.328 e. The van der Waals surface area contributed by atoms with Crippen LogP contribution in [0.5, 0.6) is 0 Å². The van der Waals surface area contributed by atoms with Crippen molar-refractivity contribution in [2.75, 3.05) is 13.1 Å². The number of aryl methyl sites for hydroxylation is 1. The fourth-order valence-electron chi connectivity index (χ4n) is 2.80. The maximum Gasteiger partial charge on any atom is 0.0561 e. The molecule has 1 aliphatic carbocycles. The summed E-state index contributed by atoms with van der Waals surface area (Å²) in [5.74, 6) is 0. The second-order valence-electron chi connectivity index (χ2n) is 4.80. The molecule has 0 aromatic heterocycles. The molecule has 92 valence electrons. The molecule has 2 heteroatoms. The van der Waals surface area contributed by atoms with Crippen LogP contribution >= 0.6 is 0 Å². The van der Waals surface area contributed by atoms with Gasteiger partial charge in [-0.15, -0.1) is 6.58 Å². The normalized spacial score (nSPS) is 23.1. The van der Waals surface area contributed by atoms with E-state index in [2.05, 4.69) is 36.2 Å². The molecule has 1 atom stereocenters. The van der Waals surface area contributed by atoms with Crippen molar-refractivity contribution in [2.45, 2.75) is 31.2 Å². The van der Waals surface area contributed by atoms with E-state index in [4.69, 9.17) is 5.73 Å². The molecular formula is C15H22N2. The third-order valence-corrected chi connectivity index (χ3v) is 3.74. The topological polar surface area (TPSA) is 38.0 Å². The lowest BCUT2D eigenvalue weighted by atomic mass is 9.76. The lowest BCUT2D eigenvalue weighted by Crippen LogP contribution is -2.50. The lowest BCUT2D eigenvalue weighted by molar-refractivity contribution is 0.295. The van der Waals surface area contributed by atoms with E-state index in [0.717, 1.165) is 19.4 Å². The first kappa shape index (κ1) is 12.3. The number of nitrogens with two attached hydrogens (primary N) is 1. The molecule has 2 rings (SSSR count). The molecular weight excluding hydrogens is 208 g/mol. The van der Waals surface area contributed by atoms with E-state index in [1.807, 2.05) is 6.08 Å². The Balaban J connectivity index is 2.25. The Morgan fingerprint density at radius 3 is 3.00 bits per heavy atom. The largest absolute Gasteiger partial charge is 0.328 e. The van der Waals surface area contributed by atoms with Gasteiger partial charge in [-0.3, -0.25) is 0 Å². The minimum atomic E-state index is -0.0160. The van der Waals surface area contributed by atoms with E-state index in [9.17, 15) is 0 Å². The summed E-state index contributed by atoms with van der Waals surface area (Å²) in [5.41, 5.74) is 8.89. The van der Waals surface area contributed by atoms with Crippen LogP contribution in [-0.2, 0) is 12.0 Å². The Labute approximate surface area is 104 Å². The van der Waals surface area contributed by atoms with Crippen molar-refractivity contribution in [1.82, 2.24) is 5.32 Å². The molecule has 0 aliphatic heterocycles. The molecule has 1 aromatic rings. The van der Waals surface area contributed by atoms with Gasteiger partial charge in [0.15, 0.2) is 0 Å². The van der Waals surface area contributed by atoms with Crippen LogP contribution in [0, 0.1) is 0 Å². The molecule has 0 bridgehead atoms. The Morgan fingerprint density at radius 2 is 2.24 bits per heavy atom. The zero-order valence-electron chi connectivity index (χ0n) is 10.4. The summed E-state index contributed by atoms with van der Waals surface area (Å²) >= 11 is 0. The van der Waals surface area contributed by atoms with E-state index >= 15 is 0 Å². The zero-order chi connectivity index (χ0) is 12.1. The predicted octanol–water partition coefficient (Wildman–Crippen LogP) is 2.34. The fraction of sp³-hybridized carbons (Fsp3) is 0.467. The first-order chi connectivity index (χ1) is 8.32. The molecule has 0 heterocycles. The van der Waals surface area contributed by atoms with Gasteiger partial charge in [-0.1, -0.05) is 30.3 Å². The summed E-state index contributed by atoms with van der Waals surface area (Å²) in [4.78, 5) is 0. The molecule has 1 aliphatic rings. The quantitative estimate of drug-likeness (QED) is 0.602. The molecule has 1 aromatic carbocycles. The maximum atomic E-state index is 6.05. The average Bonchev–Trinajstić information content (AvgIpc) is 2.39. The predicted molar refractivity (Wildman–Crippen MR) is 72.9 cm³/mol. The van der Waals surface area contributed by atoms with Crippen LogP contribution in [0.25, 0.3) is 0 Å². The highest BCUT2D eigenvalue weighted by atomic mass is 15.0. The maximum absolute atomic E-state index is 6.05. The molecule has 3 N–H and O–H groups in total. The van der Waals surface area contributed by atoms with Crippen molar-refractivity contribution in [3.63, 3.8) is 0 Å². The molecule has 17 heavy (non-hydrogen) atoms. The zero-order valence-corrected chi connectivity index (χ0v) is 10.4. The summed E-state index contributed by atoms with van der Waals surface area (Å²) < 4.78 is 0. The smallest absolute Gasteiger partial charge is 0.0561 e. The number of hydrogen-bond donors (Lipinski definition) is 2. The fourth-order valence-corrected chi connectivity index (χ4v) is 2.80. The van der Waals surface area contributed by atoms with Crippen molar-refractivity contribution >= 4 is 0 Å². The first-order valence-electron chi connectivity index (χ1n) is 6.47. The van der Waals surface area contributed by atoms with Crippen LogP contribution in [-0.4, -0.2) is 13.1 Å². The van der Waals surface area contributed by atoms with Gasteiger partial charge >= 0.3 is 0 Å². The van der Waals surface area contributed by atoms with Gasteiger partial charge in [0.25, 0.3) is 0 Å². The van der Waals surface area contributed by atoms with Crippen LogP contribution < -0.4 is 11.1 Å². The summed E-state index contributed by atoms with van der Waals surface area (Å²) in [5, 5.41) is 3.65. The number of nitrogens with one attached hydrogen (secondary N) is 1. The van der Waals surface area contributed by atoms with Gasteiger partial charge in [-0.05, 0) is 43.4 Å². The van der Waals surface area contributed by atoms with Crippen LogP contribution in [0.2, 0.25) is 0 Å². The highest BCUT2D eigenvalue weighted by Crippen LogP contribution is 2.34. The Kier molecular flexibility index (Phi) is 3.97. The monoisotopic (exact) mass is 230 g/mol. The van der Waals surface area contributed by atoms with E-state index in [1.165, 1.54) is 24.0 Å². The Hall–Kier alpha value is -1.12. The van der Waals surface area contributed by atoms with Crippen molar-refractivity contribution < 1.29 is 0 Å². The van der Waals surface area contributed by atoms with Gasteiger partial charge in [0, 0.05) is 6.54 Å². The second kappa shape index (κ2) is 5.48. The van der Waals surface area contributed by atoms with Crippen molar-refractivity contribution in [1.29, 1.82) is 0 Å². The van der Waals surface area contributed by atoms with Crippen molar-refractivity contribution in [3.05, 3.63) is 48.0 Å². The highest BCUT2D eigenvalue weighted by Gasteiger charge is 2.34. The van der Waals surface area contributed by atoms with Gasteiger partial charge in [0.05, 0.1) is 5.54 Å². The minimum absolute atomic E-state index is 0.0160. The molecule has 0 radical (unpaired) electrons. The molecule has 0 saturated carbocycles. The number of fused-ring (bicyclic) bond motifs is 1. The summed E-state index contributed by atoms with van der Waals surface area (Å²) in [7, 11) is 0. The molecule has 0 saturated heterocycles. The number of hydrogen-bond acceptors (Lipinski definition) is 2. The van der Waals surface area contributed by atoms with Gasteiger partial charge < -0.3 is 11.1 Å². The van der Waals surface area contributed by atoms with Crippen LogP contribution in [0.1, 0.15) is 30.4 Å². The van der Waals surface area contributed by atoms with Crippen LogP contribution in [0.4, 0.5) is 0 Å². The highest BCUT2D eigenvalue weighted by molar-refractivity contribution is 5.36. The first-order valence-corrected chi connectivity index (χ1v) is 6.47. The van der Waals surface area contributed by atoms with E-state index in [0.29, 0.717) is 6.54 Å². The number of rotatable bonds is 5. The van der Waals surface area contributed by atoms with E-state index in [-0.39, 0.29) is 5.54 Å². The Bertz CT molecular complexity index is 386. The molecule has 0 spiro atoms. The standard InChI is InChI=1S/C15H22N2/c1-2-3-11-17-15(12-16)10-6-8-13-7-4-5-9-14(13)15/h2,4-5,7,9,17H,1,3,6,8,10-12,16H2. The number of benzene rings is 1. The molecule has 2 nitrogen and oxygen atoms in total. The lowest BCUT2D eigenvalue weighted by Gasteiger charge is -2.39. The van der Waals surface area contributed by atoms with Gasteiger partial charge in [0.2, 0.25) is 0 Å². The average molecular weight is 230 g/mol. The van der Waals surface area contributed by atoms with Crippen molar-refractivity contribution in [2.24, 2.45) is 5.73 Å². The van der Waals surface area contributed by atoms with Gasteiger partial charge in [0.1, 0.15) is 0 Å². The van der Waals surface area contributed by atoms with Crippen LogP contribution in [0.3, 0.4) is 0 Å². The second-order valence-corrected chi connectivity index (χ2v) is 4.80. The third-order valence-electron chi connectivity index (χ3n) is 3.74. The Morgan fingerprint density at radius 1 is 1.41 bits per heavy atom. The molecule has 1 unspecified atom stereocenters. The van der Waals surface area contributed by atoms with Gasteiger partial charge in [-0.25, -0.2) is 0 Å². The summed E-state index contributed by atoms with van der Waals surface area (Å²) in [6.07, 6.45) is 6.48. The molecule has 0 fully saturated rings. The third kappa shape index (κ3) is 2.43. The summed E-state index contributed by atoms with van der Waals surface area (Å²) in [6, 6.07) is 8.69. The molecule has 0 amide bonds. The van der Waals surface area contributed by atoms with E-state index in [1.54, 1.807) is 0 Å². The summed E-state index contributed by atoms with van der Waals surface area (Å²) in [6.45, 7) is 5.39. The van der Waals surface area contributed by atoms with Crippen molar-refractivity contribution in [3.8, 4) is 0 Å². The van der Waals surface area contributed by atoms with E-state index < -0.39 is 0 Å².